The number of rotatable bonds is 7. The van der Waals surface area contributed by atoms with Crippen LogP contribution in [0.25, 0.3) is 123 Å². The molecule has 5 heteroatoms. The molecule has 5 nitrogen and oxygen atoms in total. The molecule has 0 radical (unpaired) electrons. The molecule has 0 spiro atoms. The summed E-state index contributed by atoms with van der Waals surface area (Å²) in [6.07, 6.45) is 0. The van der Waals surface area contributed by atoms with Gasteiger partial charge in [0.05, 0.1) is 27.8 Å². The number of hydrogen-bond acceptors (Lipinski definition) is 3. The van der Waals surface area contributed by atoms with E-state index >= 15 is 0 Å². The van der Waals surface area contributed by atoms with Crippen molar-refractivity contribution < 1.29 is 0 Å². The quantitative estimate of drug-likeness (QED) is 0.160. The van der Waals surface area contributed by atoms with Crippen LogP contribution in [0.2, 0.25) is 0 Å². The van der Waals surface area contributed by atoms with E-state index < -0.39 is 0 Å². The maximum atomic E-state index is 5.53. The summed E-state index contributed by atoms with van der Waals surface area (Å²) in [7, 11) is 0. The molecule has 1 aliphatic rings. The Balaban J connectivity index is 1.01. The highest BCUT2D eigenvalue weighted by Gasteiger charge is 2.38. The molecule has 3 aromatic heterocycles. The monoisotopic (exact) mass is 907 g/mol. The Morgan fingerprint density at radius 2 is 0.789 bits per heavy atom. The van der Waals surface area contributed by atoms with Gasteiger partial charge in [-0.05, 0) is 99.1 Å². The van der Waals surface area contributed by atoms with Gasteiger partial charge in [0.25, 0.3) is 0 Å². The van der Waals surface area contributed by atoms with Crippen LogP contribution in [0.4, 0.5) is 0 Å². The molecule has 0 amide bonds. The summed E-state index contributed by atoms with van der Waals surface area (Å²) in [5.41, 5.74) is 18.9. The van der Waals surface area contributed by atoms with Crippen molar-refractivity contribution in [1.29, 1.82) is 0 Å². The first-order valence-electron chi connectivity index (χ1n) is 24.4. The van der Waals surface area contributed by atoms with E-state index in [9.17, 15) is 0 Å². The van der Waals surface area contributed by atoms with Gasteiger partial charge in [0.1, 0.15) is 0 Å². The number of hydrogen-bond donors (Lipinski definition) is 0. The topological polar surface area (TPSA) is 48.5 Å². The standard InChI is InChI=1S/C66H45N5/c1-66(2)54-35-13-9-27-46(54)49-33-18-34-53(62(49)66)65-68-63(44-24-17-23-43(41-44)42-21-5-3-6-22-42)67-64(69-65)52-30-12-16-38-57(52)71-56-37-15-11-29-51(56)61-48(32-20-40-59(61)71)47-31-19-39-58-60(47)50-28-10-14-36-55(50)70(58)45-25-7-4-8-26-45/h3-41H,1-2H3. The molecule has 0 saturated heterocycles. The van der Waals surface area contributed by atoms with Gasteiger partial charge in [-0.15, -0.1) is 0 Å². The van der Waals surface area contributed by atoms with Gasteiger partial charge in [0.15, 0.2) is 17.5 Å². The summed E-state index contributed by atoms with van der Waals surface area (Å²) in [5.74, 6) is 1.88. The Morgan fingerprint density at radius 3 is 1.52 bits per heavy atom. The zero-order valence-electron chi connectivity index (χ0n) is 39.3. The molecule has 0 N–H and O–H groups in total. The van der Waals surface area contributed by atoms with Crippen molar-refractivity contribution in [2.45, 2.75) is 19.3 Å². The second-order valence-corrected chi connectivity index (χ2v) is 19.1. The number of fused-ring (bicyclic) bond motifs is 9. The Hall–Kier alpha value is -9.19. The lowest BCUT2D eigenvalue weighted by Gasteiger charge is -2.24. The normalized spacial score (nSPS) is 12.8. The SMILES string of the molecule is CC1(C)c2ccccc2-c2cccc(-c3nc(-c4cccc(-c5ccccc5)c4)nc(-c4ccccc4-n4c5ccccc5c5c(-c6cccc7c6c6ccccc6n7-c6ccccc6)cccc54)n3)c21. The average Bonchev–Trinajstić information content (AvgIpc) is 4.04. The third kappa shape index (κ3) is 6.29. The number of para-hydroxylation sites is 4. The van der Waals surface area contributed by atoms with Gasteiger partial charge < -0.3 is 9.13 Å². The van der Waals surface area contributed by atoms with Crippen molar-refractivity contribution in [3.63, 3.8) is 0 Å². The van der Waals surface area contributed by atoms with Gasteiger partial charge in [0, 0.05) is 49.3 Å². The minimum Gasteiger partial charge on any atom is -0.309 e. The van der Waals surface area contributed by atoms with Crippen LogP contribution >= 0.6 is 0 Å². The first-order chi connectivity index (χ1) is 35.0. The molecule has 0 fully saturated rings. The van der Waals surface area contributed by atoms with Gasteiger partial charge in [-0.1, -0.05) is 196 Å². The van der Waals surface area contributed by atoms with E-state index in [2.05, 4.69) is 260 Å². The first kappa shape index (κ1) is 40.8. The molecular formula is C66H45N5. The Bertz CT molecular complexity index is 4260. The fourth-order valence-corrected chi connectivity index (χ4v) is 11.7. The summed E-state index contributed by atoms with van der Waals surface area (Å²) < 4.78 is 4.81. The average molecular weight is 908 g/mol. The van der Waals surface area contributed by atoms with Gasteiger partial charge in [-0.3, -0.25) is 0 Å². The van der Waals surface area contributed by atoms with Crippen molar-refractivity contribution in [1.82, 2.24) is 24.1 Å². The lowest BCUT2D eigenvalue weighted by Crippen LogP contribution is -2.17. The minimum absolute atomic E-state index is 0.276. The molecule has 0 atom stereocenters. The molecule has 10 aromatic carbocycles. The van der Waals surface area contributed by atoms with Gasteiger partial charge >= 0.3 is 0 Å². The van der Waals surface area contributed by atoms with Crippen molar-refractivity contribution in [3.8, 4) is 78.9 Å². The summed E-state index contributed by atoms with van der Waals surface area (Å²) in [4.78, 5) is 16.4. The summed E-state index contributed by atoms with van der Waals surface area (Å²) >= 11 is 0. The van der Waals surface area contributed by atoms with Crippen LogP contribution in [0.1, 0.15) is 25.0 Å². The molecule has 1 aliphatic carbocycles. The molecule has 71 heavy (non-hydrogen) atoms. The van der Waals surface area contributed by atoms with Crippen LogP contribution in [-0.4, -0.2) is 24.1 Å². The molecule has 14 rings (SSSR count). The maximum absolute atomic E-state index is 5.53. The Kier molecular flexibility index (Phi) is 9.17. The molecule has 0 saturated carbocycles. The number of aromatic nitrogens is 5. The third-order valence-electron chi connectivity index (χ3n) is 14.8. The molecule has 0 aliphatic heterocycles. The lowest BCUT2D eigenvalue weighted by atomic mass is 9.80. The highest BCUT2D eigenvalue weighted by molar-refractivity contribution is 6.22. The summed E-state index contributed by atoms with van der Waals surface area (Å²) in [5, 5.41) is 4.82. The van der Waals surface area contributed by atoms with E-state index in [-0.39, 0.29) is 5.41 Å². The predicted molar refractivity (Wildman–Crippen MR) is 293 cm³/mol. The van der Waals surface area contributed by atoms with E-state index in [1.54, 1.807) is 0 Å². The van der Waals surface area contributed by atoms with E-state index in [0.29, 0.717) is 17.5 Å². The van der Waals surface area contributed by atoms with Crippen LogP contribution in [-0.2, 0) is 5.41 Å². The van der Waals surface area contributed by atoms with E-state index in [1.807, 2.05) is 0 Å². The fourth-order valence-electron chi connectivity index (χ4n) is 11.7. The minimum atomic E-state index is -0.276. The Labute approximate surface area is 411 Å². The van der Waals surface area contributed by atoms with Crippen LogP contribution in [0.3, 0.4) is 0 Å². The predicted octanol–water partition coefficient (Wildman–Crippen LogP) is 16.7. The largest absolute Gasteiger partial charge is 0.309 e. The van der Waals surface area contributed by atoms with Gasteiger partial charge in [-0.25, -0.2) is 15.0 Å². The second-order valence-electron chi connectivity index (χ2n) is 19.1. The third-order valence-corrected chi connectivity index (χ3v) is 14.8. The van der Waals surface area contributed by atoms with Crippen molar-refractivity contribution in [2.24, 2.45) is 0 Å². The van der Waals surface area contributed by atoms with Crippen LogP contribution in [0, 0.1) is 0 Å². The molecular weight excluding hydrogens is 863 g/mol. The fraction of sp³-hybridized carbons (Fsp3) is 0.0455. The van der Waals surface area contributed by atoms with Crippen LogP contribution in [0.15, 0.2) is 237 Å². The molecule has 3 heterocycles. The van der Waals surface area contributed by atoms with Crippen molar-refractivity contribution in [2.75, 3.05) is 0 Å². The Morgan fingerprint density at radius 1 is 0.324 bits per heavy atom. The van der Waals surface area contributed by atoms with E-state index in [1.165, 1.54) is 66.0 Å². The second kappa shape index (κ2) is 15.9. The van der Waals surface area contributed by atoms with E-state index in [0.717, 1.165) is 50.2 Å². The molecule has 334 valence electrons. The van der Waals surface area contributed by atoms with Crippen LogP contribution in [0.5, 0.6) is 0 Å². The first-order valence-corrected chi connectivity index (χ1v) is 24.4. The molecule has 0 unspecified atom stereocenters. The van der Waals surface area contributed by atoms with E-state index in [4.69, 9.17) is 15.0 Å². The summed E-state index contributed by atoms with van der Waals surface area (Å²) in [6, 6.07) is 84.8. The number of benzene rings is 10. The van der Waals surface area contributed by atoms with Crippen molar-refractivity contribution in [3.05, 3.63) is 248 Å². The van der Waals surface area contributed by atoms with Crippen molar-refractivity contribution >= 4 is 43.6 Å². The zero-order valence-corrected chi connectivity index (χ0v) is 39.3. The smallest absolute Gasteiger partial charge is 0.166 e. The van der Waals surface area contributed by atoms with Gasteiger partial charge in [-0.2, -0.15) is 0 Å². The highest BCUT2D eigenvalue weighted by Crippen LogP contribution is 2.52. The maximum Gasteiger partial charge on any atom is 0.166 e. The molecule has 13 aromatic rings. The molecule has 0 bridgehead atoms. The number of nitrogens with zero attached hydrogens (tertiary/aromatic N) is 5. The van der Waals surface area contributed by atoms with Crippen LogP contribution < -0.4 is 0 Å². The zero-order chi connectivity index (χ0) is 47.2. The highest BCUT2D eigenvalue weighted by atomic mass is 15.1. The lowest BCUT2D eigenvalue weighted by molar-refractivity contribution is 0.661. The summed E-state index contributed by atoms with van der Waals surface area (Å²) in [6.45, 7) is 4.64. The van der Waals surface area contributed by atoms with Gasteiger partial charge in [0.2, 0.25) is 0 Å².